The van der Waals surface area contributed by atoms with Gasteiger partial charge in [0.05, 0.1) is 4.91 Å². The minimum absolute atomic E-state index is 0.302. The fourth-order valence-corrected chi connectivity index (χ4v) is 2.60. The number of amides is 2. The Kier molecular flexibility index (Phi) is 3.78. The summed E-state index contributed by atoms with van der Waals surface area (Å²) < 4.78 is 0.331. The van der Waals surface area contributed by atoms with Crippen LogP contribution in [0.1, 0.15) is 12.5 Å². The maximum Gasteiger partial charge on any atom is 0.285 e. The molecule has 18 heavy (non-hydrogen) atoms. The van der Waals surface area contributed by atoms with E-state index in [0.29, 0.717) is 9.23 Å². The van der Waals surface area contributed by atoms with Gasteiger partial charge in [-0.25, -0.2) is 0 Å². The van der Waals surface area contributed by atoms with Gasteiger partial charge in [0.15, 0.2) is 4.32 Å². The predicted octanol–water partition coefficient (Wildman–Crippen LogP) is 1.94. The van der Waals surface area contributed by atoms with E-state index in [1.54, 1.807) is 6.08 Å². The normalized spacial score (nSPS) is 17.4. The Bertz CT molecular complexity index is 540. The smallest absolute Gasteiger partial charge is 0.274 e. The zero-order valence-electron chi connectivity index (χ0n) is 9.54. The fourth-order valence-electron chi connectivity index (χ4n) is 1.42. The lowest BCUT2D eigenvalue weighted by molar-refractivity contribution is -0.131. The van der Waals surface area contributed by atoms with Crippen molar-refractivity contribution in [3.05, 3.63) is 40.8 Å². The average Bonchev–Trinajstić information content (AvgIpc) is 2.58. The zero-order valence-corrected chi connectivity index (χ0v) is 11.2. The molecule has 2 amide bonds. The third-order valence-corrected chi connectivity index (χ3v) is 3.46. The predicted molar refractivity (Wildman–Crippen MR) is 75.3 cm³/mol. The molecule has 0 bridgehead atoms. The third-order valence-electron chi connectivity index (χ3n) is 2.16. The molecule has 1 aromatic rings. The molecule has 1 aliphatic heterocycles. The topological polar surface area (TPSA) is 49.4 Å². The molecule has 6 heteroatoms. The van der Waals surface area contributed by atoms with Crippen LogP contribution < -0.4 is 5.43 Å². The van der Waals surface area contributed by atoms with Gasteiger partial charge in [0.1, 0.15) is 0 Å². The monoisotopic (exact) mass is 278 g/mol. The second kappa shape index (κ2) is 5.32. The van der Waals surface area contributed by atoms with Crippen LogP contribution in [0.5, 0.6) is 0 Å². The lowest BCUT2D eigenvalue weighted by Crippen LogP contribution is -2.43. The van der Waals surface area contributed by atoms with E-state index in [-0.39, 0.29) is 11.8 Å². The molecule has 92 valence electrons. The molecule has 0 aromatic heterocycles. The van der Waals surface area contributed by atoms with Gasteiger partial charge in [-0.15, -0.1) is 0 Å². The van der Waals surface area contributed by atoms with E-state index >= 15 is 0 Å². The quantitative estimate of drug-likeness (QED) is 0.663. The number of hydrazine groups is 1. The first kappa shape index (κ1) is 12.8. The highest BCUT2D eigenvalue weighted by atomic mass is 32.2. The van der Waals surface area contributed by atoms with Crippen LogP contribution in [-0.4, -0.2) is 21.1 Å². The van der Waals surface area contributed by atoms with Gasteiger partial charge in [-0.3, -0.25) is 15.0 Å². The lowest BCUT2D eigenvalue weighted by atomic mass is 10.2. The number of benzene rings is 1. The van der Waals surface area contributed by atoms with E-state index in [1.165, 1.54) is 18.7 Å². The average molecular weight is 278 g/mol. The Morgan fingerprint density at radius 1 is 1.39 bits per heavy atom. The van der Waals surface area contributed by atoms with Gasteiger partial charge >= 0.3 is 0 Å². The minimum atomic E-state index is -0.327. The third kappa shape index (κ3) is 2.77. The maximum atomic E-state index is 12.0. The van der Waals surface area contributed by atoms with Gasteiger partial charge in [-0.1, -0.05) is 42.1 Å². The fraction of sp³-hybridized carbons (Fsp3) is 0.0833. The Balaban J connectivity index is 2.23. The van der Waals surface area contributed by atoms with Gasteiger partial charge in [0, 0.05) is 6.92 Å². The molecule has 1 N–H and O–H groups in total. The molecule has 0 saturated carbocycles. The van der Waals surface area contributed by atoms with Crippen molar-refractivity contribution in [2.45, 2.75) is 6.92 Å². The molecule has 2 rings (SSSR count). The number of carbonyl (C=O) groups is 2. The first-order valence-corrected chi connectivity index (χ1v) is 6.40. The van der Waals surface area contributed by atoms with E-state index in [1.807, 2.05) is 30.3 Å². The highest BCUT2D eigenvalue weighted by Crippen LogP contribution is 2.31. The lowest BCUT2D eigenvalue weighted by Gasteiger charge is -2.13. The van der Waals surface area contributed by atoms with Crippen molar-refractivity contribution in [1.29, 1.82) is 0 Å². The number of rotatable bonds is 2. The SMILES string of the molecule is CC(=O)NN1C(=O)/C(=C\c2ccccc2)SC1=S. The summed E-state index contributed by atoms with van der Waals surface area (Å²) in [6.07, 6.45) is 1.75. The summed E-state index contributed by atoms with van der Waals surface area (Å²) in [6, 6.07) is 9.47. The minimum Gasteiger partial charge on any atom is -0.274 e. The van der Waals surface area contributed by atoms with Crippen LogP contribution in [0.25, 0.3) is 6.08 Å². The molecular weight excluding hydrogens is 268 g/mol. The second-order valence-corrected chi connectivity index (χ2v) is 5.27. The van der Waals surface area contributed by atoms with E-state index in [4.69, 9.17) is 12.2 Å². The second-order valence-electron chi connectivity index (χ2n) is 3.60. The van der Waals surface area contributed by atoms with Crippen LogP contribution in [0.3, 0.4) is 0 Å². The summed E-state index contributed by atoms with van der Waals surface area (Å²) >= 11 is 6.21. The number of hydrogen-bond donors (Lipinski definition) is 1. The van der Waals surface area contributed by atoms with Crippen LogP contribution in [0, 0.1) is 0 Å². The summed E-state index contributed by atoms with van der Waals surface area (Å²) in [5.41, 5.74) is 3.32. The standard InChI is InChI=1S/C12H10N2O2S2/c1-8(15)13-14-11(16)10(18-12(14)17)7-9-5-3-2-4-6-9/h2-7H,1H3,(H,13,15)/b10-7+. The van der Waals surface area contributed by atoms with Gasteiger partial charge in [-0.2, -0.15) is 5.01 Å². The largest absolute Gasteiger partial charge is 0.285 e. The van der Waals surface area contributed by atoms with Crippen molar-refractivity contribution in [3.8, 4) is 0 Å². The molecule has 1 aromatic carbocycles. The number of carbonyl (C=O) groups excluding carboxylic acids is 2. The Hall–Kier alpha value is -1.66. The van der Waals surface area contributed by atoms with E-state index in [2.05, 4.69) is 5.43 Å². The molecule has 0 radical (unpaired) electrons. The van der Waals surface area contributed by atoms with E-state index in [9.17, 15) is 9.59 Å². The van der Waals surface area contributed by atoms with Crippen LogP contribution >= 0.6 is 24.0 Å². The molecule has 0 atom stereocenters. The number of thioether (sulfide) groups is 1. The van der Waals surface area contributed by atoms with Gasteiger partial charge in [0.25, 0.3) is 5.91 Å². The number of nitrogens with zero attached hydrogens (tertiary/aromatic N) is 1. The Morgan fingerprint density at radius 3 is 2.67 bits per heavy atom. The Morgan fingerprint density at radius 2 is 2.06 bits per heavy atom. The summed E-state index contributed by atoms with van der Waals surface area (Å²) in [5.74, 6) is -0.628. The molecule has 1 heterocycles. The van der Waals surface area contributed by atoms with Gasteiger partial charge in [-0.05, 0) is 23.9 Å². The van der Waals surface area contributed by atoms with Crippen LogP contribution in [0.2, 0.25) is 0 Å². The van der Waals surface area contributed by atoms with E-state index in [0.717, 1.165) is 10.6 Å². The van der Waals surface area contributed by atoms with Gasteiger partial charge < -0.3 is 0 Å². The zero-order chi connectivity index (χ0) is 13.1. The molecular formula is C12H10N2O2S2. The molecule has 0 spiro atoms. The molecule has 0 aliphatic carbocycles. The van der Waals surface area contributed by atoms with Crippen molar-refractivity contribution < 1.29 is 9.59 Å². The first-order valence-electron chi connectivity index (χ1n) is 5.18. The summed E-state index contributed by atoms with van der Waals surface area (Å²) in [5, 5.41) is 1.09. The van der Waals surface area contributed by atoms with Crippen molar-refractivity contribution >= 4 is 46.2 Å². The van der Waals surface area contributed by atoms with E-state index < -0.39 is 0 Å². The molecule has 4 nitrogen and oxygen atoms in total. The van der Waals surface area contributed by atoms with Crippen molar-refractivity contribution in [2.24, 2.45) is 0 Å². The number of thiocarbonyl (C=S) groups is 1. The molecule has 0 unspecified atom stereocenters. The summed E-state index contributed by atoms with van der Waals surface area (Å²) in [4.78, 5) is 23.5. The molecule has 1 saturated heterocycles. The summed E-state index contributed by atoms with van der Waals surface area (Å²) in [6.45, 7) is 1.33. The van der Waals surface area contributed by atoms with Crippen molar-refractivity contribution in [2.75, 3.05) is 0 Å². The Labute approximate surface area is 114 Å². The molecule has 1 aliphatic rings. The number of nitrogens with one attached hydrogen (secondary N) is 1. The van der Waals surface area contributed by atoms with Crippen LogP contribution in [-0.2, 0) is 9.59 Å². The van der Waals surface area contributed by atoms with Crippen LogP contribution in [0.15, 0.2) is 35.2 Å². The number of hydrogen-bond acceptors (Lipinski definition) is 4. The first-order chi connectivity index (χ1) is 8.58. The van der Waals surface area contributed by atoms with Crippen LogP contribution in [0.4, 0.5) is 0 Å². The maximum absolute atomic E-state index is 12.0. The van der Waals surface area contributed by atoms with Crippen molar-refractivity contribution in [1.82, 2.24) is 10.4 Å². The highest BCUT2D eigenvalue weighted by molar-refractivity contribution is 8.26. The highest BCUT2D eigenvalue weighted by Gasteiger charge is 2.32. The van der Waals surface area contributed by atoms with Crippen molar-refractivity contribution in [3.63, 3.8) is 0 Å². The molecule has 1 fully saturated rings. The van der Waals surface area contributed by atoms with Gasteiger partial charge in [0.2, 0.25) is 5.91 Å². The summed E-state index contributed by atoms with van der Waals surface area (Å²) in [7, 11) is 0.